The Morgan fingerprint density at radius 2 is 1.78 bits per heavy atom. The predicted octanol–water partition coefficient (Wildman–Crippen LogP) is 5.89. The summed E-state index contributed by atoms with van der Waals surface area (Å²) in [7, 11) is 0. The van der Waals surface area contributed by atoms with E-state index in [0.29, 0.717) is 36.4 Å². The Morgan fingerprint density at radius 1 is 1.05 bits per heavy atom. The van der Waals surface area contributed by atoms with Crippen LogP contribution in [-0.4, -0.2) is 47.0 Å². The molecule has 0 saturated carbocycles. The van der Waals surface area contributed by atoms with E-state index in [2.05, 4.69) is 10.1 Å². The molecule has 1 spiro atoms. The van der Waals surface area contributed by atoms with E-state index in [1.54, 1.807) is 24.3 Å². The first-order valence-electron chi connectivity index (χ1n) is 12.4. The quantitative estimate of drug-likeness (QED) is 0.433. The Labute approximate surface area is 214 Å². The van der Waals surface area contributed by atoms with Gasteiger partial charge in [0.05, 0.1) is 17.9 Å². The number of hydrogen-bond donors (Lipinski definition) is 1. The van der Waals surface area contributed by atoms with E-state index >= 15 is 0 Å². The van der Waals surface area contributed by atoms with Gasteiger partial charge in [0.2, 0.25) is 0 Å². The number of benzene rings is 3. The summed E-state index contributed by atoms with van der Waals surface area (Å²) in [4.78, 5) is 19.4. The van der Waals surface area contributed by atoms with Crippen molar-refractivity contribution in [3.05, 3.63) is 89.0 Å². The van der Waals surface area contributed by atoms with Gasteiger partial charge < -0.3 is 14.7 Å². The molecule has 0 amide bonds. The predicted molar refractivity (Wildman–Crippen MR) is 136 cm³/mol. The molecule has 3 aromatic rings. The number of halogens is 2. The maximum absolute atomic E-state index is 14.6. The van der Waals surface area contributed by atoms with Gasteiger partial charge in [-0.05, 0) is 60.0 Å². The number of hydrogen-bond acceptors (Lipinski definition) is 5. The van der Waals surface area contributed by atoms with Crippen molar-refractivity contribution in [3.8, 4) is 16.9 Å². The number of rotatable bonds is 7. The molecule has 0 aliphatic carbocycles. The number of ether oxygens (including phenoxy) is 1. The van der Waals surface area contributed by atoms with Crippen LogP contribution >= 0.6 is 0 Å². The Balaban J connectivity index is 1.28. The molecule has 2 heterocycles. The molecule has 1 N–H and O–H groups in total. The number of aromatic carboxylic acids is 1. The lowest BCUT2D eigenvalue weighted by molar-refractivity contribution is -0.0626. The first-order valence-corrected chi connectivity index (χ1v) is 12.4. The highest BCUT2D eigenvalue weighted by molar-refractivity contribution is 6.02. The SMILES string of the molecule is CCOc1ccc(-c2ccc(F)cc2F)c(CN2CCC3(CC2)CC(c2ccc(C(=O)O)cc2)=NO3)c1. The van der Waals surface area contributed by atoms with E-state index in [1.807, 2.05) is 25.1 Å². The lowest BCUT2D eigenvalue weighted by atomic mass is 9.85. The molecule has 5 rings (SSSR count). The largest absolute Gasteiger partial charge is 0.494 e. The van der Waals surface area contributed by atoms with Crippen LogP contribution in [0.25, 0.3) is 11.1 Å². The molecule has 6 nitrogen and oxygen atoms in total. The number of carboxylic acids is 1. The molecule has 192 valence electrons. The van der Waals surface area contributed by atoms with Gasteiger partial charge in [0.1, 0.15) is 23.0 Å². The zero-order valence-electron chi connectivity index (χ0n) is 20.5. The Hall–Kier alpha value is -3.78. The third-order valence-electron chi connectivity index (χ3n) is 7.07. The Bertz CT molecular complexity index is 1330. The summed E-state index contributed by atoms with van der Waals surface area (Å²) < 4.78 is 33.8. The summed E-state index contributed by atoms with van der Waals surface area (Å²) in [6.07, 6.45) is 2.22. The summed E-state index contributed by atoms with van der Waals surface area (Å²) in [5.41, 5.74) is 3.53. The van der Waals surface area contributed by atoms with E-state index in [0.717, 1.165) is 48.8 Å². The summed E-state index contributed by atoms with van der Waals surface area (Å²) in [5.74, 6) is -1.45. The third-order valence-corrected chi connectivity index (χ3v) is 7.07. The van der Waals surface area contributed by atoms with Crippen LogP contribution in [0.5, 0.6) is 5.75 Å². The molecule has 0 bridgehead atoms. The van der Waals surface area contributed by atoms with Crippen molar-refractivity contribution in [2.75, 3.05) is 19.7 Å². The van der Waals surface area contributed by atoms with Crippen LogP contribution in [0.15, 0.2) is 65.8 Å². The number of piperidine rings is 1. The average Bonchev–Trinajstić information content (AvgIpc) is 3.30. The highest BCUT2D eigenvalue weighted by Gasteiger charge is 2.42. The van der Waals surface area contributed by atoms with Gasteiger partial charge in [-0.25, -0.2) is 13.6 Å². The Kier molecular flexibility index (Phi) is 6.93. The second-order valence-corrected chi connectivity index (χ2v) is 9.52. The minimum absolute atomic E-state index is 0.236. The molecule has 0 unspecified atom stereocenters. The van der Waals surface area contributed by atoms with Crippen molar-refractivity contribution in [1.29, 1.82) is 0 Å². The van der Waals surface area contributed by atoms with E-state index in [4.69, 9.17) is 14.7 Å². The highest BCUT2D eigenvalue weighted by Crippen LogP contribution is 2.38. The maximum Gasteiger partial charge on any atom is 0.335 e. The fourth-order valence-corrected chi connectivity index (χ4v) is 5.04. The third kappa shape index (κ3) is 5.34. The summed E-state index contributed by atoms with van der Waals surface area (Å²) >= 11 is 0. The standard InChI is InChI=1S/C29H28F2N2O4/c1-2-36-23-8-10-24(25-9-7-22(30)16-26(25)31)21(15-23)18-33-13-11-29(12-14-33)17-27(32-37-29)19-3-5-20(6-4-19)28(34)35/h3-10,15-16H,2,11-14,17-18H2,1H3,(H,34,35). The second kappa shape index (κ2) is 10.3. The zero-order valence-corrected chi connectivity index (χ0v) is 20.5. The molecule has 1 saturated heterocycles. The Morgan fingerprint density at radius 3 is 2.46 bits per heavy atom. The molecular formula is C29H28F2N2O4. The molecule has 0 radical (unpaired) electrons. The van der Waals surface area contributed by atoms with Gasteiger partial charge in [-0.2, -0.15) is 0 Å². The van der Waals surface area contributed by atoms with E-state index in [9.17, 15) is 13.6 Å². The second-order valence-electron chi connectivity index (χ2n) is 9.52. The molecule has 8 heteroatoms. The normalized spacial score (nSPS) is 16.9. The minimum Gasteiger partial charge on any atom is -0.494 e. The van der Waals surface area contributed by atoms with Crippen LogP contribution in [-0.2, 0) is 11.4 Å². The monoisotopic (exact) mass is 506 g/mol. The fraction of sp³-hybridized carbons (Fsp3) is 0.310. The van der Waals surface area contributed by atoms with Gasteiger partial charge >= 0.3 is 5.97 Å². The minimum atomic E-state index is -0.961. The van der Waals surface area contributed by atoms with Gasteiger partial charge in [-0.15, -0.1) is 0 Å². The van der Waals surface area contributed by atoms with Crippen LogP contribution < -0.4 is 4.74 Å². The van der Waals surface area contributed by atoms with Crippen molar-refractivity contribution < 1.29 is 28.3 Å². The molecular weight excluding hydrogens is 478 g/mol. The molecule has 1 fully saturated rings. The van der Waals surface area contributed by atoms with Crippen LogP contribution in [0.1, 0.15) is 47.7 Å². The van der Waals surface area contributed by atoms with Crippen molar-refractivity contribution >= 4 is 11.7 Å². The topological polar surface area (TPSA) is 71.4 Å². The first kappa shape index (κ1) is 24.9. The lowest BCUT2D eigenvalue weighted by Crippen LogP contribution is -2.44. The number of oxime groups is 1. The van der Waals surface area contributed by atoms with E-state index < -0.39 is 17.6 Å². The van der Waals surface area contributed by atoms with Gasteiger partial charge in [0, 0.05) is 50.5 Å². The molecule has 2 aliphatic heterocycles. The highest BCUT2D eigenvalue weighted by atomic mass is 19.1. The summed E-state index contributed by atoms with van der Waals surface area (Å²) in [6.45, 7) is 4.56. The average molecular weight is 507 g/mol. The molecule has 0 aromatic heterocycles. The molecule has 37 heavy (non-hydrogen) atoms. The van der Waals surface area contributed by atoms with Crippen LogP contribution in [0, 0.1) is 11.6 Å². The van der Waals surface area contributed by atoms with Crippen LogP contribution in [0.3, 0.4) is 0 Å². The fourth-order valence-electron chi connectivity index (χ4n) is 5.04. The maximum atomic E-state index is 14.6. The number of carboxylic acid groups (broad SMARTS) is 1. The smallest absolute Gasteiger partial charge is 0.335 e. The van der Waals surface area contributed by atoms with Crippen molar-refractivity contribution in [2.45, 2.75) is 38.3 Å². The van der Waals surface area contributed by atoms with Crippen molar-refractivity contribution in [3.63, 3.8) is 0 Å². The first-order chi connectivity index (χ1) is 17.9. The lowest BCUT2D eigenvalue weighted by Gasteiger charge is -2.37. The van der Waals surface area contributed by atoms with Gasteiger partial charge in [0.15, 0.2) is 0 Å². The van der Waals surface area contributed by atoms with Crippen molar-refractivity contribution in [1.82, 2.24) is 4.90 Å². The molecule has 0 atom stereocenters. The summed E-state index contributed by atoms with van der Waals surface area (Å²) in [5, 5.41) is 13.4. The molecule has 2 aliphatic rings. The van der Waals surface area contributed by atoms with Gasteiger partial charge in [0.25, 0.3) is 0 Å². The number of nitrogens with zero attached hydrogens (tertiary/aromatic N) is 2. The summed E-state index contributed by atoms with van der Waals surface area (Å²) in [6, 6.07) is 15.9. The van der Waals surface area contributed by atoms with Gasteiger partial charge in [-0.3, -0.25) is 4.90 Å². The number of likely N-dealkylation sites (tertiary alicyclic amines) is 1. The van der Waals surface area contributed by atoms with Crippen LogP contribution in [0.2, 0.25) is 0 Å². The van der Waals surface area contributed by atoms with E-state index in [-0.39, 0.29) is 11.2 Å². The van der Waals surface area contributed by atoms with E-state index in [1.165, 1.54) is 12.1 Å². The van der Waals surface area contributed by atoms with Crippen LogP contribution in [0.4, 0.5) is 8.78 Å². The van der Waals surface area contributed by atoms with Gasteiger partial charge in [-0.1, -0.05) is 23.4 Å². The number of carbonyl (C=O) groups is 1. The zero-order chi connectivity index (χ0) is 26.0. The van der Waals surface area contributed by atoms with Crippen molar-refractivity contribution in [2.24, 2.45) is 5.16 Å². The molecule has 3 aromatic carbocycles.